The standard InChI is InChI=1S/C20H16N4O5/c25-19(10-12-23-11-9-14-3-1-2-4-17(14)23)28-13-18-21-22-20(29-18)15-5-7-16(8-6-15)24(26)27/h1-9,11H,10,12-13H2. The summed E-state index contributed by atoms with van der Waals surface area (Å²) >= 11 is 0. The van der Waals surface area contributed by atoms with Crippen molar-refractivity contribution >= 4 is 22.6 Å². The first-order chi connectivity index (χ1) is 14.1. The maximum Gasteiger partial charge on any atom is 0.308 e. The number of fused-ring (bicyclic) bond motifs is 1. The molecule has 4 rings (SSSR count). The quantitative estimate of drug-likeness (QED) is 0.267. The minimum Gasteiger partial charge on any atom is -0.456 e. The molecule has 0 saturated carbocycles. The molecule has 0 amide bonds. The molecule has 0 aliphatic rings. The van der Waals surface area contributed by atoms with Crippen molar-refractivity contribution in [1.82, 2.24) is 14.8 Å². The number of esters is 1. The van der Waals surface area contributed by atoms with Crippen LogP contribution in [0.2, 0.25) is 0 Å². The van der Waals surface area contributed by atoms with Gasteiger partial charge in [-0.3, -0.25) is 14.9 Å². The normalized spacial score (nSPS) is 10.9. The first-order valence-corrected chi connectivity index (χ1v) is 8.87. The number of rotatable bonds is 7. The largest absolute Gasteiger partial charge is 0.456 e. The molecule has 9 nitrogen and oxygen atoms in total. The highest BCUT2D eigenvalue weighted by atomic mass is 16.6. The summed E-state index contributed by atoms with van der Waals surface area (Å²) in [4.78, 5) is 22.2. The van der Waals surface area contributed by atoms with Crippen molar-refractivity contribution in [2.45, 2.75) is 19.6 Å². The Bertz CT molecular complexity index is 1160. The number of ether oxygens (including phenoxy) is 1. The third-order valence-electron chi connectivity index (χ3n) is 4.39. The second-order valence-electron chi connectivity index (χ2n) is 6.28. The van der Waals surface area contributed by atoms with Crippen molar-refractivity contribution in [1.29, 1.82) is 0 Å². The van der Waals surface area contributed by atoms with E-state index in [0.29, 0.717) is 12.1 Å². The second-order valence-corrected chi connectivity index (χ2v) is 6.28. The van der Waals surface area contributed by atoms with E-state index in [1.807, 2.05) is 41.1 Å². The molecule has 0 radical (unpaired) electrons. The third-order valence-corrected chi connectivity index (χ3v) is 4.39. The first kappa shape index (κ1) is 18.4. The lowest BCUT2D eigenvalue weighted by atomic mass is 10.2. The summed E-state index contributed by atoms with van der Waals surface area (Å²) in [6, 6.07) is 15.7. The van der Waals surface area contributed by atoms with Crippen LogP contribution in [0.25, 0.3) is 22.4 Å². The Morgan fingerprint density at radius 3 is 2.69 bits per heavy atom. The maximum absolute atomic E-state index is 12.0. The van der Waals surface area contributed by atoms with Crippen molar-refractivity contribution in [3.8, 4) is 11.5 Å². The Labute approximate surface area is 164 Å². The van der Waals surface area contributed by atoms with Crippen LogP contribution in [0, 0.1) is 10.1 Å². The summed E-state index contributed by atoms with van der Waals surface area (Å²) in [5, 5.41) is 19.5. The van der Waals surface area contributed by atoms with Gasteiger partial charge in [-0.25, -0.2) is 0 Å². The highest BCUT2D eigenvalue weighted by molar-refractivity contribution is 5.80. The Balaban J connectivity index is 1.31. The van der Waals surface area contributed by atoms with Gasteiger partial charge in [-0.15, -0.1) is 10.2 Å². The smallest absolute Gasteiger partial charge is 0.308 e. The van der Waals surface area contributed by atoms with E-state index in [1.54, 1.807) is 0 Å². The molecule has 9 heteroatoms. The molecule has 0 spiro atoms. The van der Waals surface area contributed by atoms with Gasteiger partial charge in [-0.1, -0.05) is 18.2 Å². The fraction of sp³-hybridized carbons (Fsp3) is 0.150. The van der Waals surface area contributed by atoms with Crippen LogP contribution in [-0.4, -0.2) is 25.7 Å². The molecular weight excluding hydrogens is 376 g/mol. The molecule has 29 heavy (non-hydrogen) atoms. The van der Waals surface area contributed by atoms with Crippen molar-refractivity contribution in [2.75, 3.05) is 0 Å². The average molecular weight is 392 g/mol. The molecule has 4 aromatic rings. The van der Waals surface area contributed by atoms with Gasteiger partial charge < -0.3 is 13.7 Å². The van der Waals surface area contributed by atoms with Gasteiger partial charge in [0, 0.05) is 36.0 Å². The number of hydrogen-bond donors (Lipinski definition) is 0. The zero-order valence-corrected chi connectivity index (χ0v) is 15.2. The molecule has 0 saturated heterocycles. The monoisotopic (exact) mass is 392 g/mol. The van der Waals surface area contributed by atoms with Gasteiger partial charge in [0.05, 0.1) is 11.3 Å². The summed E-state index contributed by atoms with van der Waals surface area (Å²) in [7, 11) is 0. The van der Waals surface area contributed by atoms with Crippen molar-refractivity contribution < 1.29 is 18.9 Å². The van der Waals surface area contributed by atoms with E-state index < -0.39 is 4.92 Å². The van der Waals surface area contributed by atoms with Crippen LogP contribution >= 0.6 is 0 Å². The van der Waals surface area contributed by atoms with E-state index in [-0.39, 0.29) is 36.5 Å². The highest BCUT2D eigenvalue weighted by Crippen LogP contribution is 2.21. The Kier molecular flexibility index (Phi) is 5.02. The number of aromatic nitrogens is 3. The Hall–Kier alpha value is -4.01. The summed E-state index contributed by atoms with van der Waals surface area (Å²) in [5.74, 6) is -0.0271. The Morgan fingerprint density at radius 1 is 1.10 bits per heavy atom. The van der Waals surface area contributed by atoms with Gasteiger partial charge >= 0.3 is 5.97 Å². The predicted octanol–water partition coefficient (Wildman–Crippen LogP) is 3.73. The van der Waals surface area contributed by atoms with Gasteiger partial charge in [-0.05, 0) is 29.7 Å². The van der Waals surface area contributed by atoms with E-state index in [2.05, 4.69) is 10.2 Å². The van der Waals surface area contributed by atoms with Crippen LogP contribution in [0.3, 0.4) is 0 Å². The molecular formula is C20H16N4O5. The number of non-ortho nitro benzene ring substituents is 1. The molecule has 2 aromatic heterocycles. The minimum absolute atomic E-state index is 0.0297. The number of para-hydroxylation sites is 1. The third kappa shape index (κ3) is 4.13. The van der Waals surface area contributed by atoms with E-state index in [1.165, 1.54) is 24.3 Å². The average Bonchev–Trinajstić information content (AvgIpc) is 3.38. The molecule has 146 valence electrons. The first-order valence-electron chi connectivity index (χ1n) is 8.87. The molecule has 0 bridgehead atoms. The van der Waals surface area contributed by atoms with Crippen LogP contribution in [0.4, 0.5) is 5.69 Å². The van der Waals surface area contributed by atoms with Crippen LogP contribution < -0.4 is 0 Å². The summed E-state index contributed by atoms with van der Waals surface area (Å²) in [5.41, 5.74) is 1.57. The molecule has 2 aromatic carbocycles. The number of hydrogen-bond acceptors (Lipinski definition) is 7. The summed E-state index contributed by atoms with van der Waals surface area (Å²) < 4.78 is 12.7. The number of carbonyl (C=O) groups excluding carboxylic acids is 1. The number of nitrogens with zero attached hydrogens (tertiary/aromatic N) is 4. The highest BCUT2D eigenvalue weighted by Gasteiger charge is 2.13. The fourth-order valence-electron chi connectivity index (χ4n) is 2.92. The molecule has 0 N–H and O–H groups in total. The molecule has 0 atom stereocenters. The van der Waals surface area contributed by atoms with E-state index in [9.17, 15) is 14.9 Å². The van der Waals surface area contributed by atoms with E-state index in [0.717, 1.165) is 10.9 Å². The fourth-order valence-corrected chi connectivity index (χ4v) is 2.92. The van der Waals surface area contributed by atoms with Gasteiger partial charge in [0.25, 0.3) is 11.6 Å². The van der Waals surface area contributed by atoms with Gasteiger partial charge in [0.1, 0.15) is 0 Å². The predicted molar refractivity (Wildman–Crippen MR) is 103 cm³/mol. The summed E-state index contributed by atoms with van der Waals surface area (Å²) in [6.07, 6.45) is 2.15. The topological polar surface area (TPSA) is 113 Å². The number of benzene rings is 2. The number of nitro benzene ring substituents is 1. The van der Waals surface area contributed by atoms with Crippen molar-refractivity contribution in [3.63, 3.8) is 0 Å². The molecule has 0 unspecified atom stereocenters. The summed E-state index contributed by atoms with van der Waals surface area (Å²) in [6.45, 7) is 0.371. The van der Waals surface area contributed by atoms with Gasteiger partial charge in [0.15, 0.2) is 6.61 Å². The number of nitro groups is 1. The van der Waals surface area contributed by atoms with E-state index in [4.69, 9.17) is 9.15 Å². The zero-order chi connectivity index (χ0) is 20.2. The van der Waals surface area contributed by atoms with Crippen molar-refractivity contribution in [2.24, 2.45) is 0 Å². The van der Waals surface area contributed by atoms with Crippen molar-refractivity contribution in [3.05, 3.63) is 76.8 Å². The zero-order valence-electron chi connectivity index (χ0n) is 15.2. The molecule has 0 aliphatic carbocycles. The minimum atomic E-state index is -0.487. The lowest BCUT2D eigenvalue weighted by molar-refractivity contribution is -0.384. The molecule has 2 heterocycles. The van der Waals surface area contributed by atoms with E-state index >= 15 is 0 Å². The van der Waals surface area contributed by atoms with Gasteiger partial charge in [-0.2, -0.15) is 0 Å². The van der Waals surface area contributed by atoms with Crippen LogP contribution in [0.15, 0.2) is 65.2 Å². The Morgan fingerprint density at radius 2 is 1.90 bits per heavy atom. The lowest BCUT2D eigenvalue weighted by Crippen LogP contribution is -2.09. The second kappa shape index (κ2) is 7.93. The van der Waals surface area contributed by atoms with Crippen LogP contribution in [0.1, 0.15) is 12.3 Å². The van der Waals surface area contributed by atoms with Crippen LogP contribution in [0.5, 0.6) is 0 Å². The SMILES string of the molecule is O=C(CCn1ccc2ccccc21)OCc1nnc(-c2ccc([N+](=O)[O-])cc2)o1. The molecule has 0 fully saturated rings. The number of carbonyl (C=O) groups is 1. The maximum atomic E-state index is 12.0. The number of aryl methyl sites for hydroxylation is 1. The van der Waals surface area contributed by atoms with Crippen LogP contribution in [-0.2, 0) is 22.7 Å². The molecule has 0 aliphatic heterocycles. The lowest BCUT2D eigenvalue weighted by Gasteiger charge is -2.05. The van der Waals surface area contributed by atoms with Gasteiger partial charge in [0.2, 0.25) is 5.89 Å².